The molecule has 0 bridgehead atoms. The molecular weight excluding hydrogens is 260 g/mol. The van der Waals surface area contributed by atoms with Crippen molar-refractivity contribution in [1.29, 1.82) is 0 Å². The minimum Gasteiger partial charge on any atom is -0.465 e. The lowest BCUT2D eigenvalue weighted by molar-refractivity contribution is 0.0931. The van der Waals surface area contributed by atoms with Gasteiger partial charge >= 0.3 is 0 Å². The minimum absolute atomic E-state index is 0.443. The number of hydrogen-bond acceptors (Lipinski definition) is 3. The molecule has 1 N–H and O–H groups in total. The van der Waals surface area contributed by atoms with Crippen LogP contribution in [0.4, 0.5) is 0 Å². The van der Waals surface area contributed by atoms with Gasteiger partial charge in [0.05, 0.1) is 6.54 Å². The van der Waals surface area contributed by atoms with Gasteiger partial charge in [0, 0.05) is 13.1 Å². The maximum atomic E-state index is 5.72. The quantitative estimate of drug-likeness (QED) is 0.828. The average molecular weight is 292 g/mol. The first-order valence-electron chi connectivity index (χ1n) is 8.47. The van der Waals surface area contributed by atoms with Crippen molar-refractivity contribution in [1.82, 2.24) is 10.2 Å². The predicted molar refractivity (Wildman–Crippen MR) is 88.4 cm³/mol. The van der Waals surface area contributed by atoms with Crippen LogP contribution in [-0.4, -0.2) is 31.6 Å². The number of hydrogen-bond donors (Lipinski definition) is 1. The summed E-state index contributed by atoms with van der Waals surface area (Å²) in [5.74, 6) is 2.99. The average Bonchev–Trinajstić information content (AvgIpc) is 2.85. The fourth-order valence-corrected chi connectivity index (χ4v) is 3.62. The topological polar surface area (TPSA) is 28.4 Å². The van der Waals surface area contributed by atoms with Gasteiger partial charge in [-0.15, -0.1) is 0 Å². The molecule has 2 rings (SSSR count). The molecule has 1 aliphatic carbocycles. The smallest absolute Gasteiger partial charge is 0.118 e. The summed E-state index contributed by atoms with van der Waals surface area (Å²) >= 11 is 0. The lowest BCUT2D eigenvalue weighted by Crippen LogP contribution is -2.45. The highest BCUT2D eigenvalue weighted by Gasteiger charge is 2.34. The van der Waals surface area contributed by atoms with E-state index in [4.69, 9.17) is 4.42 Å². The van der Waals surface area contributed by atoms with Crippen molar-refractivity contribution in [2.24, 2.45) is 11.3 Å². The standard InChI is InChI=1S/C18H32N2O/c1-5-19-13-18(10-8-15(2)9-11-18)14-20(4)12-17-7-6-16(3)21-17/h6-7,15,19H,5,8-14H2,1-4H3. The van der Waals surface area contributed by atoms with Gasteiger partial charge in [-0.25, -0.2) is 0 Å². The Hall–Kier alpha value is -0.800. The first-order chi connectivity index (χ1) is 10.0. The van der Waals surface area contributed by atoms with Crippen LogP contribution in [0.25, 0.3) is 0 Å². The third kappa shape index (κ3) is 4.86. The van der Waals surface area contributed by atoms with Crippen LogP contribution < -0.4 is 5.32 Å². The predicted octanol–water partition coefficient (Wildman–Crippen LogP) is 3.83. The van der Waals surface area contributed by atoms with Gasteiger partial charge in [0.1, 0.15) is 11.5 Å². The molecule has 21 heavy (non-hydrogen) atoms. The van der Waals surface area contributed by atoms with Gasteiger partial charge in [-0.3, -0.25) is 4.90 Å². The molecule has 0 spiro atoms. The maximum Gasteiger partial charge on any atom is 0.118 e. The Morgan fingerprint density at radius 3 is 2.62 bits per heavy atom. The molecular formula is C18H32N2O. The van der Waals surface area contributed by atoms with Gasteiger partial charge in [0.15, 0.2) is 0 Å². The van der Waals surface area contributed by atoms with Gasteiger partial charge in [0.2, 0.25) is 0 Å². The van der Waals surface area contributed by atoms with Crippen LogP contribution in [-0.2, 0) is 6.54 Å². The number of nitrogens with zero attached hydrogens (tertiary/aromatic N) is 1. The second kappa shape index (κ2) is 7.46. The summed E-state index contributed by atoms with van der Waals surface area (Å²) in [4.78, 5) is 2.44. The van der Waals surface area contributed by atoms with E-state index in [0.717, 1.165) is 43.6 Å². The summed E-state index contributed by atoms with van der Waals surface area (Å²) in [7, 11) is 2.23. The zero-order chi connectivity index (χ0) is 15.3. The maximum absolute atomic E-state index is 5.72. The lowest BCUT2D eigenvalue weighted by Gasteiger charge is -2.42. The van der Waals surface area contributed by atoms with Crippen molar-refractivity contribution in [3.63, 3.8) is 0 Å². The van der Waals surface area contributed by atoms with E-state index in [1.807, 2.05) is 6.92 Å². The zero-order valence-corrected chi connectivity index (χ0v) is 14.2. The van der Waals surface area contributed by atoms with E-state index in [2.05, 4.69) is 43.2 Å². The second-order valence-corrected chi connectivity index (χ2v) is 7.15. The minimum atomic E-state index is 0.443. The van der Waals surface area contributed by atoms with Crippen LogP contribution >= 0.6 is 0 Å². The normalized spacial score (nSPS) is 26.4. The largest absolute Gasteiger partial charge is 0.465 e. The van der Waals surface area contributed by atoms with E-state index in [1.165, 1.54) is 25.7 Å². The number of rotatable bonds is 7. The number of nitrogens with one attached hydrogen (secondary N) is 1. The molecule has 0 aromatic carbocycles. The summed E-state index contributed by atoms with van der Waals surface area (Å²) in [5.41, 5.74) is 0.443. The Balaban J connectivity index is 1.93. The van der Waals surface area contributed by atoms with Crippen molar-refractivity contribution in [2.75, 3.05) is 26.7 Å². The molecule has 3 nitrogen and oxygen atoms in total. The highest BCUT2D eigenvalue weighted by atomic mass is 16.3. The van der Waals surface area contributed by atoms with Crippen LogP contribution in [0.1, 0.15) is 51.1 Å². The van der Waals surface area contributed by atoms with Crippen LogP contribution in [0.3, 0.4) is 0 Å². The van der Waals surface area contributed by atoms with Crippen LogP contribution in [0.2, 0.25) is 0 Å². The summed E-state index contributed by atoms with van der Waals surface area (Å²) < 4.78 is 5.72. The first-order valence-corrected chi connectivity index (χ1v) is 8.47. The van der Waals surface area contributed by atoms with Crippen molar-refractivity contribution < 1.29 is 4.42 Å². The Morgan fingerprint density at radius 2 is 2.05 bits per heavy atom. The SMILES string of the molecule is CCNCC1(CN(C)Cc2ccc(C)o2)CCC(C)CC1. The monoisotopic (exact) mass is 292 g/mol. The Kier molecular flexibility index (Phi) is 5.88. The van der Waals surface area contributed by atoms with Crippen LogP contribution in [0, 0.1) is 18.3 Å². The summed E-state index contributed by atoms with van der Waals surface area (Å²) in [6, 6.07) is 4.16. The third-order valence-electron chi connectivity index (χ3n) is 4.91. The lowest BCUT2D eigenvalue weighted by atomic mass is 9.70. The molecule has 1 aromatic heterocycles. The van der Waals surface area contributed by atoms with E-state index < -0.39 is 0 Å². The van der Waals surface area contributed by atoms with E-state index in [1.54, 1.807) is 0 Å². The number of furan rings is 1. The van der Waals surface area contributed by atoms with Gasteiger partial charge in [-0.2, -0.15) is 0 Å². The van der Waals surface area contributed by atoms with Gasteiger partial charge < -0.3 is 9.73 Å². The van der Waals surface area contributed by atoms with Gasteiger partial charge in [-0.1, -0.05) is 26.7 Å². The number of aryl methyl sites for hydroxylation is 1. The zero-order valence-electron chi connectivity index (χ0n) is 14.2. The molecule has 1 heterocycles. The molecule has 0 unspecified atom stereocenters. The molecule has 1 fully saturated rings. The fraction of sp³-hybridized carbons (Fsp3) is 0.778. The summed E-state index contributed by atoms with van der Waals surface area (Å²) in [6.07, 6.45) is 5.45. The molecule has 0 radical (unpaired) electrons. The molecule has 0 aliphatic heterocycles. The Labute approximate surface area is 130 Å². The van der Waals surface area contributed by atoms with Crippen LogP contribution in [0.5, 0.6) is 0 Å². The van der Waals surface area contributed by atoms with E-state index in [-0.39, 0.29) is 0 Å². The van der Waals surface area contributed by atoms with Crippen molar-refractivity contribution in [2.45, 2.75) is 53.0 Å². The van der Waals surface area contributed by atoms with Crippen molar-refractivity contribution in [3.8, 4) is 0 Å². The summed E-state index contributed by atoms with van der Waals surface area (Å²) in [6.45, 7) is 10.9. The first kappa shape index (κ1) is 16.6. The third-order valence-corrected chi connectivity index (χ3v) is 4.91. The van der Waals surface area contributed by atoms with E-state index >= 15 is 0 Å². The van der Waals surface area contributed by atoms with Crippen molar-refractivity contribution in [3.05, 3.63) is 23.7 Å². The van der Waals surface area contributed by atoms with Gasteiger partial charge in [-0.05, 0) is 56.8 Å². The second-order valence-electron chi connectivity index (χ2n) is 7.15. The van der Waals surface area contributed by atoms with Crippen LogP contribution in [0.15, 0.2) is 16.5 Å². The fourth-order valence-electron chi connectivity index (χ4n) is 3.62. The molecule has 1 saturated carbocycles. The Morgan fingerprint density at radius 1 is 1.33 bits per heavy atom. The highest BCUT2D eigenvalue weighted by molar-refractivity contribution is 5.05. The van der Waals surface area contributed by atoms with E-state index in [0.29, 0.717) is 5.41 Å². The molecule has 1 aromatic rings. The molecule has 0 amide bonds. The van der Waals surface area contributed by atoms with Crippen molar-refractivity contribution >= 4 is 0 Å². The van der Waals surface area contributed by atoms with E-state index in [9.17, 15) is 0 Å². The Bertz CT molecular complexity index is 413. The molecule has 0 atom stereocenters. The van der Waals surface area contributed by atoms with Gasteiger partial charge in [0.25, 0.3) is 0 Å². The molecule has 1 aliphatic rings. The molecule has 0 saturated heterocycles. The summed E-state index contributed by atoms with van der Waals surface area (Å²) in [5, 5.41) is 3.60. The molecule has 120 valence electrons. The molecule has 3 heteroatoms. The highest BCUT2D eigenvalue weighted by Crippen LogP contribution is 2.39.